The lowest BCUT2D eigenvalue weighted by molar-refractivity contribution is 0.0964. The molecule has 0 fully saturated rings. The first-order valence-corrected chi connectivity index (χ1v) is 4.45. The summed E-state index contributed by atoms with van der Waals surface area (Å²) in [6.07, 6.45) is 3.89. The SMILES string of the molecule is CCn1cc(C(C)(C)CON)cn1. The fourth-order valence-corrected chi connectivity index (χ4v) is 1.18. The average molecular weight is 183 g/mol. The van der Waals surface area contributed by atoms with Crippen LogP contribution in [-0.2, 0) is 16.8 Å². The van der Waals surface area contributed by atoms with E-state index in [1.165, 1.54) is 0 Å². The average Bonchev–Trinajstić information content (AvgIpc) is 2.52. The Morgan fingerprint density at radius 1 is 1.62 bits per heavy atom. The van der Waals surface area contributed by atoms with Gasteiger partial charge in [0.1, 0.15) is 0 Å². The molecule has 4 nitrogen and oxygen atoms in total. The Morgan fingerprint density at radius 3 is 2.77 bits per heavy atom. The molecule has 0 amide bonds. The van der Waals surface area contributed by atoms with Gasteiger partial charge in [0.15, 0.2) is 0 Å². The van der Waals surface area contributed by atoms with Crippen molar-refractivity contribution in [1.29, 1.82) is 0 Å². The zero-order valence-corrected chi connectivity index (χ0v) is 8.45. The summed E-state index contributed by atoms with van der Waals surface area (Å²) in [5.41, 5.74) is 1.09. The van der Waals surface area contributed by atoms with Crippen LogP contribution in [0.4, 0.5) is 0 Å². The van der Waals surface area contributed by atoms with E-state index >= 15 is 0 Å². The predicted molar refractivity (Wildman–Crippen MR) is 51.1 cm³/mol. The molecule has 1 aromatic rings. The van der Waals surface area contributed by atoms with Crippen LogP contribution in [0.15, 0.2) is 12.4 Å². The van der Waals surface area contributed by atoms with Gasteiger partial charge in [0, 0.05) is 18.2 Å². The molecule has 1 aromatic heterocycles. The maximum Gasteiger partial charge on any atom is 0.0771 e. The largest absolute Gasteiger partial charge is 0.304 e. The normalized spacial score (nSPS) is 12.0. The van der Waals surface area contributed by atoms with Crippen LogP contribution >= 0.6 is 0 Å². The van der Waals surface area contributed by atoms with E-state index in [2.05, 4.69) is 30.7 Å². The summed E-state index contributed by atoms with van der Waals surface area (Å²) in [6.45, 7) is 7.61. The zero-order chi connectivity index (χ0) is 9.90. The number of hydrogen-bond donors (Lipinski definition) is 1. The molecule has 0 aliphatic heterocycles. The lowest BCUT2D eigenvalue weighted by Gasteiger charge is -2.20. The van der Waals surface area contributed by atoms with Gasteiger partial charge in [-0.25, -0.2) is 5.90 Å². The second kappa shape index (κ2) is 3.89. The van der Waals surface area contributed by atoms with Crippen LogP contribution in [0.5, 0.6) is 0 Å². The predicted octanol–water partition coefficient (Wildman–Crippen LogP) is 1.07. The molecule has 0 aliphatic rings. The van der Waals surface area contributed by atoms with Gasteiger partial charge in [0.2, 0.25) is 0 Å². The molecule has 0 bridgehead atoms. The van der Waals surface area contributed by atoms with Gasteiger partial charge in [-0.3, -0.25) is 4.68 Å². The number of aromatic nitrogens is 2. The molecule has 1 heterocycles. The standard InChI is InChI=1S/C9H17N3O/c1-4-12-6-8(5-11-12)9(2,3)7-13-10/h5-6H,4,7,10H2,1-3H3. The maximum atomic E-state index is 5.06. The van der Waals surface area contributed by atoms with Gasteiger partial charge in [0.25, 0.3) is 0 Å². The monoisotopic (exact) mass is 183 g/mol. The first kappa shape index (κ1) is 10.2. The first-order chi connectivity index (χ1) is 6.10. The Kier molecular flexibility index (Phi) is 3.06. The number of aryl methyl sites for hydroxylation is 1. The van der Waals surface area contributed by atoms with Crippen LogP contribution in [0.2, 0.25) is 0 Å². The molecule has 0 atom stereocenters. The summed E-state index contributed by atoms with van der Waals surface area (Å²) < 4.78 is 1.90. The van der Waals surface area contributed by atoms with Crippen molar-refractivity contribution in [2.75, 3.05) is 6.61 Å². The molecule has 4 heteroatoms. The highest BCUT2D eigenvalue weighted by atomic mass is 16.6. The van der Waals surface area contributed by atoms with Crippen LogP contribution in [0.1, 0.15) is 26.3 Å². The second-order valence-electron chi connectivity index (χ2n) is 3.78. The minimum Gasteiger partial charge on any atom is -0.304 e. The molecule has 0 saturated carbocycles. The third-order valence-electron chi connectivity index (χ3n) is 2.18. The number of rotatable bonds is 4. The second-order valence-corrected chi connectivity index (χ2v) is 3.78. The molecule has 0 spiro atoms. The van der Waals surface area contributed by atoms with Gasteiger partial charge < -0.3 is 4.84 Å². The molecule has 0 aliphatic carbocycles. The molecular formula is C9H17N3O. The molecule has 0 saturated heterocycles. The molecule has 74 valence electrons. The fraction of sp³-hybridized carbons (Fsp3) is 0.667. The van der Waals surface area contributed by atoms with E-state index in [4.69, 9.17) is 5.90 Å². The van der Waals surface area contributed by atoms with Crippen LogP contribution in [0.3, 0.4) is 0 Å². The van der Waals surface area contributed by atoms with Gasteiger partial charge in [-0.15, -0.1) is 0 Å². The number of nitrogens with zero attached hydrogens (tertiary/aromatic N) is 2. The van der Waals surface area contributed by atoms with Crippen LogP contribution in [-0.4, -0.2) is 16.4 Å². The number of nitrogens with two attached hydrogens (primary N) is 1. The minimum atomic E-state index is -0.0673. The van der Waals surface area contributed by atoms with Crippen LogP contribution in [0, 0.1) is 0 Å². The van der Waals surface area contributed by atoms with Crippen molar-refractivity contribution >= 4 is 0 Å². The van der Waals surface area contributed by atoms with Crippen molar-refractivity contribution in [3.63, 3.8) is 0 Å². The van der Waals surface area contributed by atoms with Crippen molar-refractivity contribution in [1.82, 2.24) is 9.78 Å². The van der Waals surface area contributed by atoms with Crippen molar-refractivity contribution in [3.05, 3.63) is 18.0 Å². The Balaban J connectivity index is 2.80. The Bertz CT molecular complexity index is 268. The Morgan fingerprint density at radius 2 is 2.31 bits per heavy atom. The first-order valence-electron chi connectivity index (χ1n) is 4.45. The van der Waals surface area contributed by atoms with Crippen molar-refractivity contribution in [2.45, 2.75) is 32.7 Å². The molecule has 0 unspecified atom stereocenters. The Hall–Kier alpha value is -0.870. The summed E-state index contributed by atoms with van der Waals surface area (Å²) in [7, 11) is 0. The van der Waals surface area contributed by atoms with Gasteiger partial charge >= 0.3 is 0 Å². The van der Waals surface area contributed by atoms with E-state index in [-0.39, 0.29) is 5.41 Å². The van der Waals surface area contributed by atoms with E-state index < -0.39 is 0 Å². The maximum absolute atomic E-state index is 5.06. The zero-order valence-electron chi connectivity index (χ0n) is 8.45. The van der Waals surface area contributed by atoms with E-state index in [0.717, 1.165) is 12.1 Å². The van der Waals surface area contributed by atoms with Gasteiger partial charge in [-0.05, 0) is 12.5 Å². The van der Waals surface area contributed by atoms with E-state index in [1.807, 2.05) is 17.1 Å². The van der Waals surface area contributed by atoms with Crippen molar-refractivity contribution < 1.29 is 4.84 Å². The quantitative estimate of drug-likeness (QED) is 0.710. The molecule has 0 radical (unpaired) electrons. The van der Waals surface area contributed by atoms with Crippen LogP contribution < -0.4 is 5.90 Å². The van der Waals surface area contributed by atoms with E-state index in [9.17, 15) is 0 Å². The van der Waals surface area contributed by atoms with Crippen molar-refractivity contribution in [2.24, 2.45) is 5.90 Å². The fourth-order valence-electron chi connectivity index (χ4n) is 1.18. The minimum absolute atomic E-state index is 0.0673. The van der Waals surface area contributed by atoms with Crippen LogP contribution in [0.25, 0.3) is 0 Å². The lowest BCUT2D eigenvalue weighted by Crippen LogP contribution is -2.25. The molecule has 13 heavy (non-hydrogen) atoms. The van der Waals surface area contributed by atoms with Gasteiger partial charge in [0.05, 0.1) is 12.8 Å². The third-order valence-corrected chi connectivity index (χ3v) is 2.18. The lowest BCUT2D eigenvalue weighted by atomic mass is 9.88. The highest BCUT2D eigenvalue weighted by molar-refractivity contribution is 5.16. The summed E-state index contributed by atoms with van der Waals surface area (Å²) in [6, 6.07) is 0. The topological polar surface area (TPSA) is 53.1 Å². The molecule has 1 rings (SSSR count). The highest BCUT2D eigenvalue weighted by Crippen LogP contribution is 2.22. The van der Waals surface area contributed by atoms with Gasteiger partial charge in [-0.1, -0.05) is 13.8 Å². The summed E-state index contributed by atoms with van der Waals surface area (Å²) in [5, 5.41) is 4.20. The van der Waals surface area contributed by atoms with Crippen molar-refractivity contribution in [3.8, 4) is 0 Å². The summed E-state index contributed by atoms with van der Waals surface area (Å²) in [4.78, 5) is 4.67. The summed E-state index contributed by atoms with van der Waals surface area (Å²) >= 11 is 0. The molecule has 2 N–H and O–H groups in total. The highest BCUT2D eigenvalue weighted by Gasteiger charge is 2.22. The van der Waals surface area contributed by atoms with E-state index in [1.54, 1.807) is 0 Å². The number of hydrogen-bond acceptors (Lipinski definition) is 3. The van der Waals surface area contributed by atoms with E-state index in [0.29, 0.717) is 6.61 Å². The molecular weight excluding hydrogens is 166 g/mol. The molecule has 0 aromatic carbocycles. The van der Waals surface area contributed by atoms with Gasteiger partial charge in [-0.2, -0.15) is 5.10 Å². The smallest absolute Gasteiger partial charge is 0.0771 e. The summed E-state index contributed by atoms with van der Waals surface area (Å²) in [5.74, 6) is 5.06. The third kappa shape index (κ3) is 2.29. The Labute approximate surface area is 78.6 Å².